The molecule has 3 N–H and O–H groups in total. The molecule has 0 aromatic heterocycles. The molecule has 1 amide bonds. The van der Waals surface area contributed by atoms with Crippen molar-refractivity contribution in [2.24, 2.45) is 5.73 Å². The Kier molecular flexibility index (Phi) is 7.29. The van der Waals surface area contributed by atoms with Crippen molar-refractivity contribution in [3.05, 3.63) is 0 Å². The maximum Gasteiger partial charge on any atom is 0.234 e. The summed E-state index contributed by atoms with van der Waals surface area (Å²) in [4.78, 5) is 13.7. The largest absolute Gasteiger partial charge is 0.383 e. The molecule has 5 nitrogen and oxygen atoms in total. The second-order valence-electron chi connectivity index (χ2n) is 4.86. The molecule has 0 saturated heterocycles. The molecule has 0 aromatic carbocycles. The predicted molar refractivity (Wildman–Crippen MR) is 65.3 cm³/mol. The van der Waals surface area contributed by atoms with Crippen molar-refractivity contribution >= 4 is 5.91 Å². The quantitative estimate of drug-likeness (QED) is 0.637. The lowest BCUT2D eigenvalue weighted by molar-refractivity contribution is -0.123. The summed E-state index contributed by atoms with van der Waals surface area (Å²) < 4.78 is 4.99. The van der Waals surface area contributed by atoms with Crippen LogP contribution in [0.3, 0.4) is 0 Å². The minimum Gasteiger partial charge on any atom is -0.383 e. The van der Waals surface area contributed by atoms with Crippen LogP contribution in [0.4, 0.5) is 0 Å². The maximum absolute atomic E-state index is 11.7. The van der Waals surface area contributed by atoms with Crippen molar-refractivity contribution in [3.63, 3.8) is 0 Å². The van der Waals surface area contributed by atoms with Gasteiger partial charge in [0.15, 0.2) is 0 Å². The summed E-state index contributed by atoms with van der Waals surface area (Å²) in [5.74, 6) is 0.0250. The van der Waals surface area contributed by atoms with Crippen molar-refractivity contribution in [2.45, 2.75) is 26.3 Å². The van der Waals surface area contributed by atoms with Gasteiger partial charge in [0.2, 0.25) is 5.91 Å². The number of nitrogens with zero attached hydrogens (tertiary/aromatic N) is 1. The third-order valence-electron chi connectivity index (χ3n) is 1.94. The number of carbonyl (C=O) groups is 1. The Morgan fingerprint density at radius 1 is 1.38 bits per heavy atom. The van der Waals surface area contributed by atoms with E-state index in [-0.39, 0.29) is 11.4 Å². The van der Waals surface area contributed by atoms with E-state index in [4.69, 9.17) is 10.5 Å². The molecule has 96 valence electrons. The van der Waals surface area contributed by atoms with E-state index in [2.05, 4.69) is 5.32 Å². The molecule has 0 unspecified atom stereocenters. The fourth-order valence-electron chi connectivity index (χ4n) is 1.33. The number of nitrogens with one attached hydrogen (secondary N) is 1. The van der Waals surface area contributed by atoms with Crippen LogP contribution in [-0.4, -0.2) is 56.2 Å². The highest BCUT2D eigenvalue weighted by Crippen LogP contribution is 1.98. The maximum atomic E-state index is 11.7. The van der Waals surface area contributed by atoms with E-state index >= 15 is 0 Å². The van der Waals surface area contributed by atoms with Gasteiger partial charge < -0.3 is 15.8 Å². The number of carbonyl (C=O) groups excluding carboxylic acids is 1. The van der Waals surface area contributed by atoms with Gasteiger partial charge in [-0.25, -0.2) is 0 Å². The van der Waals surface area contributed by atoms with Crippen molar-refractivity contribution in [1.29, 1.82) is 0 Å². The van der Waals surface area contributed by atoms with Gasteiger partial charge in [0.1, 0.15) is 0 Å². The van der Waals surface area contributed by atoms with Crippen LogP contribution in [0.25, 0.3) is 0 Å². The Bertz CT molecular complexity index is 202. The fraction of sp³-hybridized carbons (Fsp3) is 0.909. The van der Waals surface area contributed by atoms with Crippen molar-refractivity contribution < 1.29 is 9.53 Å². The molecular formula is C11H25N3O2. The van der Waals surface area contributed by atoms with Crippen LogP contribution in [0, 0.1) is 0 Å². The number of nitrogens with two attached hydrogens (primary N) is 1. The van der Waals surface area contributed by atoms with E-state index < -0.39 is 0 Å². The van der Waals surface area contributed by atoms with Crippen LogP contribution in [0.15, 0.2) is 0 Å². The lowest BCUT2D eigenvalue weighted by atomic mass is 10.1. The minimum atomic E-state index is -0.188. The van der Waals surface area contributed by atoms with Gasteiger partial charge in [0, 0.05) is 32.3 Å². The molecule has 0 atom stereocenters. The molecule has 0 radical (unpaired) electrons. The third kappa shape index (κ3) is 8.64. The van der Waals surface area contributed by atoms with Crippen LogP contribution in [0.1, 0.15) is 20.8 Å². The highest BCUT2D eigenvalue weighted by atomic mass is 16.5. The van der Waals surface area contributed by atoms with Gasteiger partial charge in [-0.1, -0.05) is 0 Å². The summed E-state index contributed by atoms with van der Waals surface area (Å²) in [6, 6.07) is 0. The molecule has 16 heavy (non-hydrogen) atoms. The van der Waals surface area contributed by atoms with Gasteiger partial charge in [-0.15, -0.1) is 0 Å². The smallest absolute Gasteiger partial charge is 0.234 e. The third-order valence-corrected chi connectivity index (χ3v) is 1.94. The number of hydrogen-bond donors (Lipinski definition) is 2. The monoisotopic (exact) mass is 231 g/mol. The first-order valence-corrected chi connectivity index (χ1v) is 5.61. The lowest BCUT2D eigenvalue weighted by Gasteiger charge is -2.25. The fourth-order valence-corrected chi connectivity index (χ4v) is 1.33. The summed E-state index contributed by atoms with van der Waals surface area (Å²) >= 11 is 0. The molecule has 0 heterocycles. The molecule has 0 aliphatic rings. The lowest BCUT2D eigenvalue weighted by Crippen LogP contribution is -2.47. The normalized spacial score (nSPS) is 11.9. The van der Waals surface area contributed by atoms with Crippen molar-refractivity contribution in [3.8, 4) is 0 Å². The molecular weight excluding hydrogens is 206 g/mol. The highest BCUT2D eigenvalue weighted by molar-refractivity contribution is 5.78. The number of ether oxygens (including phenoxy) is 1. The molecule has 0 rings (SSSR count). The van der Waals surface area contributed by atoms with Gasteiger partial charge in [-0.2, -0.15) is 0 Å². The van der Waals surface area contributed by atoms with E-state index in [1.807, 2.05) is 25.7 Å². The van der Waals surface area contributed by atoms with Crippen LogP contribution in [-0.2, 0) is 9.53 Å². The molecule has 0 spiro atoms. The van der Waals surface area contributed by atoms with E-state index in [9.17, 15) is 4.79 Å². The zero-order chi connectivity index (χ0) is 12.6. The van der Waals surface area contributed by atoms with Crippen LogP contribution < -0.4 is 11.1 Å². The summed E-state index contributed by atoms with van der Waals surface area (Å²) in [7, 11) is 1.65. The molecule has 5 heteroatoms. The molecule has 0 bridgehead atoms. The van der Waals surface area contributed by atoms with Gasteiger partial charge in [-0.3, -0.25) is 9.69 Å². The van der Waals surface area contributed by atoms with Gasteiger partial charge in [-0.05, 0) is 20.8 Å². The standard InChI is InChI=1S/C11H25N3O2/c1-11(2,3)13-10(15)9-14(6-5-12)7-8-16-4/h5-9,12H2,1-4H3,(H,13,15). The number of hydrogen-bond acceptors (Lipinski definition) is 4. The van der Waals surface area contributed by atoms with Gasteiger partial charge >= 0.3 is 0 Å². The van der Waals surface area contributed by atoms with E-state index in [1.54, 1.807) is 7.11 Å². The molecule has 0 aliphatic carbocycles. The number of methoxy groups -OCH3 is 1. The summed E-state index contributed by atoms with van der Waals surface area (Å²) in [5.41, 5.74) is 5.30. The van der Waals surface area contributed by atoms with E-state index in [0.29, 0.717) is 26.2 Å². The average Bonchev–Trinajstić information content (AvgIpc) is 2.11. The Labute approximate surface area is 98.3 Å². The predicted octanol–water partition coefficient (Wildman–Crippen LogP) is -0.192. The topological polar surface area (TPSA) is 67.6 Å². The SMILES string of the molecule is COCCN(CCN)CC(=O)NC(C)(C)C. The zero-order valence-electron chi connectivity index (χ0n) is 10.9. The van der Waals surface area contributed by atoms with Crippen molar-refractivity contribution in [1.82, 2.24) is 10.2 Å². The first-order chi connectivity index (χ1) is 7.39. The second-order valence-corrected chi connectivity index (χ2v) is 4.86. The molecule has 0 saturated carbocycles. The Morgan fingerprint density at radius 2 is 2.00 bits per heavy atom. The number of amides is 1. The minimum absolute atomic E-state index is 0.0250. The first-order valence-electron chi connectivity index (χ1n) is 5.61. The second kappa shape index (κ2) is 7.60. The summed E-state index contributed by atoms with van der Waals surface area (Å²) in [6.07, 6.45) is 0. The van der Waals surface area contributed by atoms with Crippen LogP contribution in [0.2, 0.25) is 0 Å². The summed E-state index contributed by atoms with van der Waals surface area (Å²) in [5, 5.41) is 2.92. The van der Waals surface area contributed by atoms with Gasteiger partial charge in [0.05, 0.1) is 13.2 Å². The Balaban J connectivity index is 4.02. The highest BCUT2D eigenvalue weighted by Gasteiger charge is 2.16. The van der Waals surface area contributed by atoms with E-state index in [1.165, 1.54) is 0 Å². The Morgan fingerprint density at radius 3 is 2.44 bits per heavy atom. The van der Waals surface area contributed by atoms with Crippen molar-refractivity contribution in [2.75, 3.05) is 39.9 Å². The molecule has 0 aliphatic heterocycles. The first kappa shape index (κ1) is 15.3. The van der Waals surface area contributed by atoms with Crippen LogP contribution >= 0.6 is 0 Å². The van der Waals surface area contributed by atoms with E-state index in [0.717, 1.165) is 6.54 Å². The van der Waals surface area contributed by atoms with Crippen LogP contribution in [0.5, 0.6) is 0 Å². The van der Waals surface area contributed by atoms with Gasteiger partial charge in [0.25, 0.3) is 0 Å². The summed E-state index contributed by atoms with van der Waals surface area (Å²) in [6.45, 7) is 8.87. The zero-order valence-corrected chi connectivity index (χ0v) is 10.9. The molecule has 0 fully saturated rings. The average molecular weight is 231 g/mol. The Hall–Kier alpha value is -0.650. The molecule has 0 aromatic rings. The number of rotatable bonds is 7.